The number of hydrogen-bond acceptors (Lipinski definition) is 5. The minimum absolute atomic E-state index is 0.375. The van der Waals surface area contributed by atoms with E-state index in [1.165, 1.54) is 17.7 Å². The van der Waals surface area contributed by atoms with E-state index in [4.69, 9.17) is 10.5 Å². The predicted molar refractivity (Wildman–Crippen MR) is 71.6 cm³/mol. The van der Waals surface area contributed by atoms with Crippen molar-refractivity contribution in [1.29, 1.82) is 0 Å². The van der Waals surface area contributed by atoms with Crippen molar-refractivity contribution in [3.8, 4) is 0 Å². The summed E-state index contributed by atoms with van der Waals surface area (Å²) in [5, 5.41) is 1.08. The first kappa shape index (κ1) is 12.8. The van der Waals surface area contributed by atoms with Gasteiger partial charge in [0.25, 0.3) is 0 Å². The quantitative estimate of drug-likeness (QED) is 0.873. The van der Waals surface area contributed by atoms with Gasteiger partial charge in [-0.2, -0.15) is 0 Å². The molecule has 2 heterocycles. The third-order valence-corrected chi connectivity index (χ3v) is 4.41. The van der Waals surface area contributed by atoms with Crippen LogP contribution < -0.4 is 10.6 Å². The number of rotatable bonds is 5. The number of anilines is 1. The molecule has 0 bridgehead atoms. The molecule has 0 amide bonds. The Labute approximate surface area is 107 Å². The van der Waals surface area contributed by atoms with Gasteiger partial charge in [0.15, 0.2) is 5.13 Å². The fourth-order valence-corrected chi connectivity index (χ4v) is 3.13. The molecule has 1 aliphatic heterocycles. The van der Waals surface area contributed by atoms with Gasteiger partial charge in [0.05, 0.1) is 11.8 Å². The molecule has 0 radical (unpaired) electrons. The van der Waals surface area contributed by atoms with E-state index >= 15 is 0 Å². The molecule has 0 saturated carbocycles. The van der Waals surface area contributed by atoms with Crippen molar-refractivity contribution in [3.05, 3.63) is 10.6 Å². The van der Waals surface area contributed by atoms with Crippen LogP contribution >= 0.6 is 11.3 Å². The maximum absolute atomic E-state index is 5.70. The minimum atomic E-state index is 0.375. The number of thiazole rings is 1. The third kappa shape index (κ3) is 2.97. The van der Waals surface area contributed by atoms with E-state index in [0.717, 1.165) is 30.5 Å². The van der Waals surface area contributed by atoms with Crippen molar-refractivity contribution in [2.45, 2.75) is 39.3 Å². The van der Waals surface area contributed by atoms with Gasteiger partial charge in [-0.1, -0.05) is 0 Å². The van der Waals surface area contributed by atoms with E-state index in [1.807, 2.05) is 6.92 Å². The van der Waals surface area contributed by atoms with Crippen LogP contribution in [0.4, 0.5) is 5.13 Å². The van der Waals surface area contributed by atoms with Gasteiger partial charge in [-0.25, -0.2) is 4.98 Å². The maximum Gasteiger partial charge on any atom is 0.185 e. The summed E-state index contributed by atoms with van der Waals surface area (Å²) in [6.07, 6.45) is 2.73. The van der Waals surface area contributed by atoms with Crippen molar-refractivity contribution in [3.63, 3.8) is 0 Å². The Hall–Kier alpha value is -0.650. The van der Waals surface area contributed by atoms with Crippen molar-refractivity contribution >= 4 is 16.5 Å². The summed E-state index contributed by atoms with van der Waals surface area (Å²) in [6, 6.07) is 0. The Balaban J connectivity index is 2.05. The largest absolute Gasteiger partial charge is 0.376 e. The molecule has 0 aliphatic carbocycles. The summed E-state index contributed by atoms with van der Waals surface area (Å²) in [4.78, 5) is 8.09. The molecular formula is C12H21N3OS. The van der Waals surface area contributed by atoms with Crippen LogP contribution in [0.1, 0.15) is 30.3 Å². The fourth-order valence-electron chi connectivity index (χ4n) is 2.11. The van der Waals surface area contributed by atoms with Gasteiger partial charge < -0.3 is 15.4 Å². The van der Waals surface area contributed by atoms with Gasteiger partial charge in [-0.05, 0) is 26.7 Å². The third-order valence-electron chi connectivity index (χ3n) is 3.17. The smallest absolute Gasteiger partial charge is 0.185 e. The van der Waals surface area contributed by atoms with Crippen LogP contribution in [-0.2, 0) is 11.3 Å². The molecule has 1 aromatic rings. The van der Waals surface area contributed by atoms with Crippen molar-refractivity contribution in [2.24, 2.45) is 5.73 Å². The SMILES string of the molecule is CCN(CC1CCCO1)c1nc(C)c(CN)s1. The minimum Gasteiger partial charge on any atom is -0.376 e. The van der Waals surface area contributed by atoms with Crippen LogP contribution in [0.25, 0.3) is 0 Å². The second-order valence-corrected chi connectivity index (χ2v) is 5.44. The van der Waals surface area contributed by atoms with E-state index in [1.54, 1.807) is 11.3 Å². The van der Waals surface area contributed by atoms with Crippen LogP contribution in [-0.4, -0.2) is 30.8 Å². The van der Waals surface area contributed by atoms with Crippen LogP contribution in [0.3, 0.4) is 0 Å². The summed E-state index contributed by atoms with van der Waals surface area (Å²) < 4.78 is 5.68. The Morgan fingerprint density at radius 3 is 2.94 bits per heavy atom. The molecule has 0 spiro atoms. The molecule has 1 unspecified atom stereocenters. The molecule has 0 aromatic carbocycles. The second kappa shape index (κ2) is 5.80. The zero-order chi connectivity index (χ0) is 12.3. The summed E-state index contributed by atoms with van der Waals surface area (Å²) in [5.74, 6) is 0. The number of aromatic nitrogens is 1. The number of likely N-dealkylation sites (N-methyl/N-ethyl adjacent to an activating group) is 1. The van der Waals surface area contributed by atoms with Gasteiger partial charge in [0.2, 0.25) is 0 Å². The highest BCUT2D eigenvalue weighted by molar-refractivity contribution is 7.15. The van der Waals surface area contributed by atoms with E-state index in [9.17, 15) is 0 Å². The standard InChI is InChI=1S/C12H21N3OS/c1-3-15(8-10-5-4-6-16-10)12-14-9(2)11(7-13)17-12/h10H,3-8,13H2,1-2H3. The molecule has 4 nitrogen and oxygen atoms in total. The second-order valence-electron chi connectivity index (χ2n) is 4.38. The van der Waals surface area contributed by atoms with Crippen LogP contribution in [0.5, 0.6) is 0 Å². The van der Waals surface area contributed by atoms with Gasteiger partial charge in [0.1, 0.15) is 0 Å². The highest BCUT2D eigenvalue weighted by Crippen LogP contribution is 2.26. The normalized spacial score (nSPS) is 19.8. The lowest BCUT2D eigenvalue weighted by molar-refractivity contribution is 0.115. The fraction of sp³-hybridized carbons (Fsp3) is 0.750. The molecule has 2 N–H and O–H groups in total. The van der Waals surface area contributed by atoms with Gasteiger partial charge in [-0.15, -0.1) is 11.3 Å². The average molecular weight is 255 g/mol. The zero-order valence-corrected chi connectivity index (χ0v) is 11.4. The van der Waals surface area contributed by atoms with Crippen LogP contribution in [0.15, 0.2) is 0 Å². The Bertz CT molecular complexity index is 361. The van der Waals surface area contributed by atoms with Gasteiger partial charge in [-0.3, -0.25) is 0 Å². The molecule has 96 valence electrons. The molecule has 1 atom stereocenters. The predicted octanol–water partition coefficient (Wildman–Crippen LogP) is 1.92. The molecular weight excluding hydrogens is 234 g/mol. The van der Waals surface area contributed by atoms with E-state index in [-0.39, 0.29) is 0 Å². The average Bonchev–Trinajstić information content (AvgIpc) is 2.95. The highest BCUT2D eigenvalue weighted by Gasteiger charge is 2.20. The van der Waals surface area contributed by atoms with E-state index < -0.39 is 0 Å². The highest BCUT2D eigenvalue weighted by atomic mass is 32.1. The summed E-state index contributed by atoms with van der Waals surface area (Å²) >= 11 is 1.71. The lowest BCUT2D eigenvalue weighted by Crippen LogP contribution is -2.31. The summed E-state index contributed by atoms with van der Waals surface area (Å²) in [7, 11) is 0. The molecule has 5 heteroatoms. The first-order valence-corrected chi connectivity index (χ1v) is 7.09. The van der Waals surface area contributed by atoms with Crippen molar-refractivity contribution < 1.29 is 4.74 Å². The lowest BCUT2D eigenvalue weighted by Gasteiger charge is -2.23. The molecule has 1 fully saturated rings. The number of nitrogens with zero attached hydrogens (tertiary/aromatic N) is 2. The first-order chi connectivity index (χ1) is 8.24. The molecule has 2 rings (SSSR count). The number of hydrogen-bond donors (Lipinski definition) is 1. The van der Waals surface area contributed by atoms with Crippen LogP contribution in [0, 0.1) is 6.92 Å². The topological polar surface area (TPSA) is 51.4 Å². The van der Waals surface area contributed by atoms with Crippen LogP contribution in [0.2, 0.25) is 0 Å². The first-order valence-electron chi connectivity index (χ1n) is 6.27. The Morgan fingerprint density at radius 2 is 2.41 bits per heavy atom. The van der Waals surface area contributed by atoms with Crippen molar-refractivity contribution in [1.82, 2.24) is 4.98 Å². The monoisotopic (exact) mass is 255 g/mol. The Morgan fingerprint density at radius 1 is 1.59 bits per heavy atom. The number of nitrogens with two attached hydrogens (primary N) is 1. The van der Waals surface area contributed by atoms with Gasteiger partial charge >= 0.3 is 0 Å². The lowest BCUT2D eigenvalue weighted by atomic mass is 10.2. The molecule has 17 heavy (non-hydrogen) atoms. The molecule has 1 aromatic heterocycles. The van der Waals surface area contributed by atoms with Crippen molar-refractivity contribution in [2.75, 3.05) is 24.6 Å². The van der Waals surface area contributed by atoms with Gasteiger partial charge in [0, 0.05) is 31.1 Å². The number of ether oxygens (including phenoxy) is 1. The molecule has 1 aliphatic rings. The van der Waals surface area contributed by atoms with E-state index in [2.05, 4.69) is 16.8 Å². The Kier molecular flexibility index (Phi) is 4.36. The summed E-state index contributed by atoms with van der Waals surface area (Å²) in [5.41, 5.74) is 6.76. The maximum atomic E-state index is 5.70. The van der Waals surface area contributed by atoms with E-state index in [0.29, 0.717) is 12.6 Å². The number of aryl methyl sites for hydroxylation is 1. The summed E-state index contributed by atoms with van der Waals surface area (Å²) in [6.45, 7) is 7.61. The zero-order valence-electron chi connectivity index (χ0n) is 10.6. The molecule has 1 saturated heterocycles.